The second kappa shape index (κ2) is 9.32. The van der Waals surface area contributed by atoms with E-state index in [9.17, 15) is 14.0 Å². The summed E-state index contributed by atoms with van der Waals surface area (Å²) in [4.78, 5) is 33.4. The molecule has 0 saturated carbocycles. The van der Waals surface area contributed by atoms with E-state index in [4.69, 9.17) is 0 Å². The van der Waals surface area contributed by atoms with E-state index >= 15 is 0 Å². The van der Waals surface area contributed by atoms with Crippen LogP contribution in [0.5, 0.6) is 0 Å². The zero-order chi connectivity index (χ0) is 23.5. The Kier molecular flexibility index (Phi) is 5.92. The predicted molar refractivity (Wildman–Crippen MR) is 130 cm³/mol. The highest BCUT2D eigenvalue weighted by Crippen LogP contribution is 2.34. The SMILES string of the molecule is O=C(Nc1ccc(F)cc1)C(Sc1nc2c(cnn2-c2ccccc2)c(=O)[nH]1)c1ccccc1. The molecule has 1 amide bonds. The molecular formula is C25H18FN5O2S. The van der Waals surface area contributed by atoms with Crippen molar-refractivity contribution in [1.29, 1.82) is 0 Å². The highest BCUT2D eigenvalue weighted by molar-refractivity contribution is 8.00. The van der Waals surface area contributed by atoms with E-state index in [0.29, 0.717) is 16.7 Å². The van der Waals surface area contributed by atoms with Crippen molar-refractivity contribution in [1.82, 2.24) is 19.7 Å². The summed E-state index contributed by atoms with van der Waals surface area (Å²) in [5.74, 6) is -0.723. The Balaban J connectivity index is 1.52. The maximum Gasteiger partial charge on any atom is 0.262 e. The molecule has 1 unspecified atom stereocenters. The first kappa shape index (κ1) is 21.6. The first-order valence-electron chi connectivity index (χ1n) is 10.4. The van der Waals surface area contributed by atoms with E-state index in [2.05, 4.69) is 20.4 Å². The fraction of sp³-hybridized carbons (Fsp3) is 0.0400. The number of nitrogens with zero attached hydrogens (tertiary/aromatic N) is 3. The van der Waals surface area contributed by atoms with E-state index in [1.165, 1.54) is 30.5 Å². The first-order chi connectivity index (χ1) is 16.6. The van der Waals surface area contributed by atoms with Crippen LogP contribution in [0.15, 0.2) is 101 Å². The Hall–Kier alpha value is -4.24. The summed E-state index contributed by atoms with van der Waals surface area (Å²) < 4.78 is 14.9. The topological polar surface area (TPSA) is 92.7 Å². The van der Waals surface area contributed by atoms with Crippen molar-refractivity contribution < 1.29 is 9.18 Å². The number of thioether (sulfide) groups is 1. The van der Waals surface area contributed by atoms with Gasteiger partial charge in [-0.2, -0.15) is 5.10 Å². The molecule has 0 aliphatic carbocycles. The van der Waals surface area contributed by atoms with Crippen molar-refractivity contribution >= 4 is 34.4 Å². The van der Waals surface area contributed by atoms with Gasteiger partial charge in [0.05, 0.1) is 11.9 Å². The number of hydrogen-bond donors (Lipinski definition) is 2. The highest BCUT2D eigenvalue weighted by atomic mass is 32.2. The van der Waals surface area contributed by atoms with Gasteiger partial charge in [-0.3, -0.25) is 9.59 Å². The van der Waals surface area contributed by atoms with Gasteiger partial charge >= 0.3 is 0 Å². The summed E-state index contributed by atoms with van der Waals surface area (Å²) in [6.07, 6.45) is 1.47. The zero-order valence-corrected chi connectivity index (χ0v) is 18.5. The van der Waals surface area contributed by atoms with E-state index in [-0.39, 0.29) is 16.6 Å². The van der Waals surface area contributed by atoms with Gasteiger partial charge in [0.25, 0.3) is 5.56 Å². The molecule has 0 bridgehead atoms. The Morgan fingerprint density at radius 2 is 1.65 bits per heavy atom. The zero-order valence-electron chi connectivity index (χ0n) is 17.7. The minimum Gasteiger partial charge on any atom is -0.325 e. The molecule has 34 heavy (non-hydrogen) atoms. The molecule has 0 fully saturated rings. The van der Waals surface area contributed by atoms with E-state index in [1.807, 2.05) is 60.7 Å². The number of carbonyl (C=O) groups excluding carboxylic acids is 1. The van der Waals surface area contributed by atoms with Crippen LogP contribution in [0.3, 0.4) is 0 Å². The second-order valence-electron chi connectivity index (χ2n) is 7.41. The van der Waals surface area contributed by atoms with Crippen molar-refractivity contribution in [2.24, 2.45) is 0 Å². The summed E-state index contributed by atoms with van der Waals surface area (Å²) in [5.41, 5.74) is 2.00. The molecule has 0 spiro atoms. The lowest BCUT2D eigenvalue weighted by Gasteiger charge is -2.16. The van der Waals surface area contributed by atoms with Crippen LogP contribution in [0.25, 0.3) is 16.7 Å². The van der Waals surface area contributed by atoms with Crippen molar-refractivity contribution in [3.05, 3.63) is 113 Å². The predicted octanol–water partition coefficient (Wildman–Crippen LogP) is 4.72. The fourth-order valence-electron chi connectivity index (χ4n) is 3.47. The lowest BCUT2D eigenvalue weighted by atomic mass is 10.1. The Morgan fingerprint density at radius 3 is 2.35 bits per heavy atom. The number of amides is 1. The van der Waals surface area contributed by atoms with Crippen molar-refractivity contribution in [3.8, 4) is 5.69 Å². The molecule has 0 aliphatic rings. The van der Waals surface area contributed by atoms with Crippen LogP contribution in [0.2, 0.25) is 0 Å². The smallest absolute Gasteiger partial charge is 0.262 e. The van der Waals surface area contributed by atoms with E-state index in [1.54, 1.807) is 4.68 Å². The molecule has 0 radical (unpaired) electrons. The number of fused-ring (bicyclic) bond motifs is 1. The lowest BCUT2D eigenvalue weighted by Crippen LogP contribution is -2.20. The number of H-pyrrole nitrogens is 1. The van der Waals surface area contributed by atoms with E-state index < -0.39 is 11.1 Å². The maximum atomic E-state index is 13.3. The van der Waals surface area contributed by atoms with E-state index in [0.717, 1.165) is 23.0 Å². The molecule has 168 valence electrons. The number of halogens is 1. The van der Waals surface area contributed by atoms with Crippen LogP contribution in [0.1, 0.15) is 10.8 Å². The summed E-state index contributed by atoms with van der Waals surface area (Å²) in [7, 11) is 0. The molecule has 0 saturated heterocycles. The average molecular weight is 472 g/mol. The molecule has 2 heterocycles. The van der Waals surface area contributed by atoms with Gasteiger partial charge in [-0.1, -0.05) is 60.3 Å². The van der Waals surface area contributed by atoms with Crippen molar-refractivity contribution in [2.75, 3.05) is 5.32 Å². The number of para-hydroxylation sites is 1. The molecule has 0 aliphatic heterocycles. The van der Waals surface area contributed by atoms with Gasteiger partial charge in [0.15, 0.2) is 10.8 Å². The number of rotatable bonds is 6. The highest BCUT2D eigenvalue weighted by Gasteiger charge is 2.24. The monoisotopic (exact) mass is 471 g/mol. The normalized spacial score (nSPS) is 11.9. The third-order valence-electron chi connectivity index (χ3n) is 5.10. The second-order valence-corrected chi connectivity index (χ2v) is 8.50. The largest absolute Gasteiger partial charge is 0.325 e. The van der Waals surface area contributed by atoms with Crippen molar-refractivity contribution in [3.63, 3.8) is 0 Å². The van der Waals surface area contributed by atoms with Gasteiger partial charge < -0.3 is 10.3 Å². The Morgan fingerprint density at radius 1 is 0.971 bits per heavy atom. The van der Waals surface area contributed by atoms with Gasteiger partial charge in [-0.15, -0.1) is 0 Å². The van der Waals surface area contributed by atoms with Gasteiger partial charge in [-0.25, -0.2) is 14.1 Å². The summed E-state index contributed by atoms with van der Waals surface area (Å²) >= 11 is 1.11. The number of carbonyl (C=O) groups is 1. The van der Waals surface area contributed by atoms with Gasteiger partial charge in [0.2, 0.25) is 5.91 Å². The lowest BCUT2D eigenvalue weighted by molar-refractivity contribution is -0.115. The fourth-order valence-corrected chi connectivity index (χ4v) is 4.44. The van der Waals surface area contributed by atoms with Crippen LogP contribution in [0.4, 0.5) is 10.1 Å². The first-order valence-corrected chi connectivity index (χ1v) is 11.3. The number of anilines is 1. The molecule has 1 atom stereocenters. The molecule has 3 aromatic carbocycles. The summed E-state index contributed by atoms with van der Waals surface area (Å²) in [6, 6.07) is 24.1. The van der Waals surface area contributed by atoms with Gasteiger partial charge in [-0.05, 0) is 42.0 Å². The number of aromatic nitrogens is 4. The summed E-state index contributed by atoms with van der Waals surface area (Å²) in [5, 5.41) is 7.03. The third-order valence-corrected chi connectivity index (χ3v) is 6.24. The minimum absolute atomic E-state index is 0.276. The van der Waals surface area contributed by atoms with Gasteiger partial charge in [0, 0.05) is 5.69 Å². The van der Waals surface area contributed by atoms with Crippen LogP contribution in [-0.4, -0.2) is 25.7 Å². The molecular weight excluding hydrogens is 453 g/mol. The standard InChI is InChI=1S/C25H18FN5O2S/c26-17-11-13-18(14-12-17)28-24(33)21(16-7-3-1-4-8-16)34-25-29-22-20(23(32)30-25)15-27-31(22)19-9-5-2-6-10-19/h1-15,21H,(H,28,33)(H,29,30,32). The van der Waals surface area contributed by atoms with Crippen LogP contribution >= 0.6 is 11.8 Å². The molecule has 5 aromatic rings. The number of benzene rings is 3. The number of hydrogen-bond acceptors (Lipinski definition) is 5. The maximum absolute atomic E-state index is 13.3. The van der Waals surface area contributed by atoms with Crippen LogP contribution < -0.4 is 10.9 Å². The molecule has 5 rings (SSSR count). The van der Waals surface area contributed by atoms with Crippen molar-refractivity contribution in [2.45, 2.75) is 10.4 Å². The Labute approximate surface area is 197 Å². The third kappa shape index (κ3) is 4.46. The average Bonchev–Trinajstić information content (AvgIpc) is 3.29. The quantitative estimate of drug-likeness (QED) is 0.276. The molecule has 2 aromatic heterocycles. The minimum atomic E-state index is -0.722. The number of nitrogens with one attached hydrogen (secondary N) is 2. The van der Waals surface area contributed by atoms with Gasteiger partial charge in [0.1, 0.15) is 16.5 Å². The molecule has 7 nitrogen and oxygen atoms in total. The van der Waals surface area contributed by atoms with Crippen LogP contribution in [-0.2, 0) is 4.79 Å². The summed E-state index contributed by atoms with van der Waals surface area (Å²) in [6.45, 7) is 0. The molecule has 9 heteroatoms. The number of aromatic amines is 1. The Bertz CT molecular complexity index is 1500. The van der Waals surface area contributed by atoms with Crippen LogP contribution in [0, 0.1) is 5.82 Å². The molecule has 2 N–H and O–H groups in total.